The van der Waals surface area contributed by atoms with Gasteiger partial charge in [0.25, 0.3) is 0 Å². The first kappa shape index (κ1) is 19.2. The molecule has 0 bridgehead atoms. The van der Waals surface area contributed by atoms with Crippen LogP contribution in [0.4, 0.5) is 5.69 Å². The summed E-state index contributed by atoms with van der Waals surface area (Å²) in [7, 11) is -1.65. The fraction of sp³-hybridized carbons (Fsp3) is 0.500. The summed E-state index contributed by atoms with van der Waals surface area (Å²) in [5.41, 5.74) is 2.36. The third-order valence-corrected chi connectivity index (χ3v) is 7.20. The van der Waals surface area contributed by atoms with Gasteiger partial charge in [-0.25, -0.2) is 8.42 Å². The van der Waals surface area contributed by atoms with Gasteiger partial charge in [0.15, 0.2) is 0 Å². The van der Waals surface area contributed by atoms with E-state index >= 15 is 0 Å². The first-order chi connectivity index (χ1) is 12.4. The van der Waals surface area contributed by atoms with Crippen molar-refractivity contribution in [3.63, 3.8) is 0 Å². The van der Waals surface area contributed by atoms with E-state index in [9.17, 15) is 8.42 Å². The van der Waals surface area contributed by atoms with E-state index in [2.05, 4.69) is 10.4 Å². The fourth-order valence-electron chi connectivity index (χ4n) is 3.23. The number of halogens is 1. The molecule has 0 amide bonds. The molecule has 8 heteroatoms. The van der Waals surface area contributed by atoms with E-state index in [4.69, 9.17) is 11.6 Å². The van der Waals surface area contributed by atoms with Crippen LogP contribution in [0.3, 0.4) is 0 Å². The zero-order valence-electron chi connectivity index (χ0n) is 15.2. The summed E-state index contributed by atoms with van der Waals surface area (Å²) in [5.74, 6) is 0. The molecule has 1 aliphatic heterocycles. The van der Waals surface area contributed by atoms with Crippen molar-refractivity contribution in [3.05, 3.63) is 40.7 Å². The Labute approximate surface area is 160 Å². The van der Waals surface area contributed by atoms with E-state index < -0.39 is 10.0 Å². The minimum atomic E-state index is -3.48. The lowest BCUT2D eigenvalue weighted by Gasteiger charge is -2.21. The second-order valence-corrected chi connectivity index (χ2v) is 9.03. The third-order valence-electron chi connectivity index (χ3n) is 4.84. The zero-order chi connectivity index (χ0) is 18.7. The van der Waals surface area contributed by atoms with E-state index in [0.717, 1.165) is 42.6 Å². The Kier molecular flexibility index (Phi) is 5.89. The molecule has 142 valence electrons. The molecule has 2 aromatic rings. The van der Waals surface area contributed by atoms with Crippen molar-refractivity contribution in [1.82, 2.24) is 14.1 Å². The first-order valence-electron chi connectivity index (χ1n) is 8.90. The molecule has 1 saturated heterocycles. The molecule has 0 radical (unpaired) electrons. The monoisotopic (exact) mass is 396 g/mol. The topological polar surface area (TPSA) is 67.2 Å². The van der Waals surface area contributed by atoms with E-state index in [1.54, 1.807) is 21.3 Å². The van der Waals surface area contributed by atoms with Crippen molar-refractivity contribution < 1.29 is 8.42 Å². The summed E-state index contributed by atoms with van der Waals surface area (Å²) in [6, 6.07) is 5.46. The highest BCUT2D eigenvalue weighted by Crippen LogP contribution is 2.26. The van der Waals surface area contributed by atoms with Crippen molar-refractivity contribution in [2.45, 2.75) is 44.0 Å². The number of rotatable bonds is 5. The van der Waals surface area contributed by atoms with E-state index in [0.29, 0.717) is 29.6 Å². The number of sulfonamides is 1. The van der Waals surface area contributed by atoms with Crippen molar-refractivity contribution >= 4 is 27.3 Å². The highest BCUT2D eigenvalue weighted by atomic mass is 35.5. The van der Waals surface area contributed by atoms with Crippen LogP contribution >= 0.6 is 11.6 Å². The fourth-order valence-corrected chi connectivity index (χ4v) is 5.23. The second kappa shape index (κ2) is 7.98. The van der Waals surface area contributed by atoms with Crippen LogP contribution in [0.1, 0.15) is 36.9 Å². The van der Waals surface area contributed by atoms with Gasteiger partial charge in [0, 0.05) is 25.8 Å². The van der Waals surface area contributed by atoms with Gasteiger partial charge in [-0.2, -0.15) is 9.40 Å². The van der Waals surface area contributed by atoms with Crippen LogP contribution in [0.15, 0.2) is 29.3 Å². The molecule has 2 heterocycles. The third kappa shape index (κ3) is 4.05. The quantitative estimate of drug-likeness (QED) is 0.839. The maximum absolute atomic E-state index is 13.1. The number of aromatic nitrogens is 2. The van der Waals surface area contributed by atoms with Gasteiger partial charge < -0.3 is 5.32 Å². The van der Waals surface area contributed by atoms with Crippen LogP contribution in [0.25, 0.3) is 0 Å². The Bertz CT molecular complexity index is 852. The Morgan fingerprint density at radius 2 is 1.88 bits per heavy atom. The molecule has 0 aliphatic carbocycles. The molecule has 1 aromatic carbocycles. The highest BCUT2D eigenvalue weighted by molar-refractivity contribution is 7.89. The largest absolute Gasteiger partial charge is 0.379 e. The van der Waals surface area contributed by atoms with Crippen molar-refractivity contribution in [3.8, 4) is 0 Å². The summed E-state index contributed by atoms with van der Waals surface area (Å²) < 4.78 is 29.6. The molecule has 0 saturated carbocycles. The smallest absolute Gasteiger partial charge is 0.243 e. The maximum atomic E-state index is 13.1. The molecule has 1 aliphatic rings. The molecule has 1 fully saturated rings. The van der Waals surface area contributed by atoms with E-state index in [1.165, 1.54) is 0 Å². The lowest BCUT2D eigenvalue weighted by molar-refractivity contribution is 0.423. The van der Waals surface area contributed by atoms with Crippen molar-refractivity contribution in [1.29, 1.82) is 0 Å². The lowest BCUT2D eigenvalue weighted by Crippen LogP contribution is -2.32. The Hall–Kier alpha value is -1.57. The Morgan fingerprint density at radius 1 is 1.19 bits per heavy atom. The molecule has 0 spiro atoms. The van der Waals surface area contributed by atoms with Gasteiger partial charge in [0.1, 0.15) is 0 Å². The minimum Gasteiger partial charge on any atom is -0.379 e. The SMILES string of the molecule is Cc1ccc(NCc2c(Cl)cnn2C)cc1S(=O)(=O)N1CCCCCC1. The molecule has 6 nitrogen and oxygen atoms in total. The summed E-state index contributed by atoms with van der Waals surface area (Å²) in [6.07, 6.45) is 5.64. The normalized spacial score (nSPS) is 16.4. The first-order valence-corrected chi connectivity index (χ1v) is 10.7. The van der Waals surface area contributed by atoms with Crippen LogP contribution in [0.2, 0.25) is 5.02 Å². The number of nitrogens with zero attached hydrogens (tertiary/aromatic N) is 3. The number of hydrogen-bond acceptors (Lipinski definition) is 4. The maximum Gasteiger partial charge on any atom is 0.243 e. The zero-order valence-corrected chi connectivity index (χ0v) is 16.8. The molecule has 3 rings (SSSR count). The predicted molar refractivity (Wildman–Crippen MR) is 104 cm³/mol. The van der Waals surface area contributed by atoms with Crippen LogP contribution in [-0.4, -0.2) is 35.6 Å². The van der Waals surface area contributed by atoms with Gasteiger partial charge in [-0.15, -0.1) is 0 Å². The number of hydrogen-bond donors (Lipinski definition) is 1. The summed E-state index contributed by atoms with van der Waals surface area (Å²) >= 11 is 6.13. The summed E-state index contributed by atoms with van der Waals surface area (Å²) in [6.45, 7) is 3.52. The average Bonchev–Trinajstić information content (AvgIpc) is 2.83. The lowest BCUT2D eigenvalue weighted by atomic mass is 10.2. The van der Waals surface area contributed by atoms with Gasteiger partial charge >= 0.3 is 0 Å². The van der Waals surface area contributed by atoms with Gasteiger partial charge in [0.05, 0.1) is 28.4 Å². The number of benzene rings is 1. The van der Waals surface area contributed by atoms with Gasteiger partial charge in [-0.05, 0) is 37.5 Å². The van der Waals surface area contributed by atoms with E-state index in [1.807, 2.05) is 26.1 Å². The summed E-state index contributed by atoms with van der Waals surface area (Å²) in [5, 5.41) is 7.95. The van der Waals surface area contributed by atoms with Gasteiger partial charge in [-0.3, -0.25) is 4.68 Å². The van der Waals surface area contributed by atoms with Crippen LogP contribution < -0.4 is 5.32 Å². The molecule has 1 aromatic heterocycles. The van der Waals surface area contributed by atoms with Crippen molar-refractivity contribution in [2.24, 2.45) is 7.05 Å². The second-order valence-electron chi connectivity index (χ2n) is 6.71. The van der Waals surface area contributed by atoms with Crippen LogP contribution in [0.5, 0.6) is 0 Å². The van der Waals surface area contributed by atoms with Gasteiger partial charge in [-0.1, -0.05) is 30.5 Å². The standard InChI is InChI=1S/C18H25ClN4O2S/c1-14-7-8-15(20-13-17-16(19)12-21-22(17)2)11-18(14)26(24,25)23-9-5-3-4-6-10-23/h7-8,11-12,20H,3-6,9-10,13H2,1-2H3. The molecular formula is C18H25ClN4O2S. The molecule has 0 atom stereocenters. The molecular weight excluding hydrogens is 372 g/mol. The average molecular weight is 397 g/mol. The van der Waals surface area contributed by atoms with Crippen LogP contribution in [-0.2, 0) is 23.6 Å². The number of anilines is 1. The minimum absolute atomic E-state index is 0.375. The van der Waals surface area contributed by atoms with Crippen molar-refractivity contribution in [2.75, 3.05) is 18.4 Å². The predicted octanol–water partition coefficient (Wildman–Crippen LogP) is 3.56. The van der Waals surface area contributed by atoms with Gasteiger partial charge in [0.2, 0.25) is 10.0 Å². The van der Waals surface area contributed by atoms with E-state index in [-0.39, 0.29) is 0 Å². The van der Waals surface area contributed by atoms with Crippen LogP contribution in [0, 0.1) is 6.92 Å². The Balaban J connectivity index is 1.83. The molecule has 0 unspecified atom stereocenters. The Morgan fingerprint density at radius 3 is 2.50 bits per heavy atom. The highest BCUT2D eigenvalue weighted by Gasteiger charge is 2.26. The summed E-state index contributed by atoms with van der Waals surface area (Å²) in [4.78, 5) is 0.375. The molecule has 1 N–H and O–H groups in total. The number of nitrogens with one attached hydrogen (secondary N) is 1. The molecule has 26 heavy (non-hydrogen) atoms. The number of aryl methyl sites for hydroxylation is 2.